The highest BCUT2D eigenvalue weighted by molar-refractivity contribution is 5.80. The highest BCUT2D eigenvalue weighted by atomic mass is 16.3. The highest BCUT2D eigenvalue weighted by Crippen LogP contribution is 2.67. The quantitative estimate of drug-likeness (QED) is 0.530. The molecular formula is C27H44O2. The first-order chi connectivity index (χ1) is 13.7. The maximum absolute atomic E-state index is 12.2. The minimum absolute atomic E-state index is 0.106. The van der Waals surface area contributed by atoms with Gasteiger partial charge in [-0.2, -0.15) is 0 Å². The Hall–Kier alpha value is -0.630. The summed E-state index contributed by atoms with van der Waals surface area (Å²) in [6.07, 6.45) is 14.1. The smallest absolute Gasteiger partial charge is 0.135 e. The van der Waals surface area contributed by atoms with Gasteiger partial charge >= 0.3 is 0 Å². The summed E-state index contributed by atoms with van der Waals surface area (Å²) in [6, 6.07) is 0. The summed E-state index contributed by atoms with van der Waals surface area (Å²) < 4.78 is 0. The number of hydrogen-bond acceptors (Lipinski definition) is 2. The van der Waals surface area contributed by atoms with Crippen molar-refractivity contribution in [2.75, 3.05) is 0 Å². The van der Waals surface area contributed by atoms with Crippen molar-refractivity contribution >= 4 is 5.78 Å². The molecule has 0 bridgehead atoms. The maximum Gasteiger partial charge on any atom is 0.135 e. The number of fused-ring (bicyclic) bond motifs is 5. The first-order valence-corrected chi connectivity index (χ1v) is 12.6. The van der Waals surface area contributed by atoms with Gasteiger partial charge in [0.25, 0.3) is 0 Å². The van der Waals surface area contributed by atoms with E-state index in [-0.39, 0.29) is 12.0 Å². The van der Waals surface area contributed by atoms with Crippen LogP contribution in [-0.2, 0) is 4.79 Å². The van der Waals surface area contributed by atoms with Gasteiger partial charge in [-0.1, -0.05) is 46.3 Å². The van der Waals surface area contributed by atoms with Crippen LogP contribution in [0.2, 0.25) is 0 Å². The van der Waals surface area contributed by atoms with E-state index in [1.807, 2.05) is 13.8 Å². The van der Waals surface area contributed by atoms with Crippen molar-refractivity contribution in [2.24, 2.45) is 46.3 Å². The zero-order chi connectivity index (χ0) is 21.0. The van der Waals surface area contributed by atoms with Gasteiger partial charge in [0.05, 0.1) is 6.10 Å². The van der Waals surface area contributed by atoms with Crippen molar-refractivity contribution in [3.05, 3.63) is 11.6 Å². The van der Waals surface area contributed by atoms with Gasteiger partial charge in [-0.05, 0) is 98.2 Å². The molecule has 4 aliphatic rings. The average molecular weight is 401 g/mol. The van der Waals surface area contributed by atoms with Gasteiger partial charge in [-0.15, -0.1) is 0 Å². The van der Waals surface area contributed by atoms with Crippen molar-refractivity contribution < 1.29 is 9.90 Å². The Balaban J connectivity index is 1.49. The predicted molar refractivity (Wildman–Crippen MR) is 119 cm³/mol. The molecule has 0 aliphatic heterocycles. The van der Waals surface area contributed by atoms with Crippen molar-refractivity contribution in [1.82, 2.24) is 0 Å². The van der Waals surface area contributed by atoms with Crippen molar-refractivity contribution in [3.63, 3.8) is 0 Å². The molecule has 2 nitrogen and oxygen atoms in total. The lowest BCUT2D eigenvalue weighted by molar-refractivity contribution is -0.122. The number of allylic oxidation sites excluding steroid dienone is 1. The maximum atomic E-state index is 12.2. The molecule has 0 aromatic rings. The fourth-order valence-corrected chi connectivity index (χ4v) is 8.48. The van der Waals surface area contributed by atoms with Crippen LogP contribution in [0.5, 0.6) is 0 Å². The highest BCUT2D eigenvalue weighted by Gasteiger charge is 2.59. The molecule has 4 rings (SSSR count). The lowest BCUT2D eigenvalue weighted by atomic mass is 9.47. The van der Waals surface area contributed by atoms with Gasteiger partial charge in [0.15, 0.2) is 0 Å². The summed E-state index contributed by atoms with van der Waals surface area (Å²) in [5.74, 6) is 4.60. The van der Waals surface area contributed by atoms with Crippen LogP contribution in [-0.4, -0.2) is 17.0 Å². The molecule has 3 saturated carbocycles. The van der Waals surface area contributed by atoms with Gasteiger partial charge in [0, 0.05) is 12.3 Å². The van der Waals surface area contributed by atoms with E-state index in [1.54, 1.807) is 5.57 Å². The van der Waals surface area contributed by atoms with Crippen LogP contribution in [0.4, 0.5) is 0 Å². The molecule has 4 aliphatic carbocycles. The summed E-state index contributed by atoms with van der Waals surface area (Å²) in [7, 11) is 0. The number of rotatable bonds is 5. The predicted octanol–water partition coefficient (Wildman–Crippen LogP) is 6.57. The number of ketones is 1. The summed E-state index contributed by atoms with van der Waals surface area (Å²) in [5.41, 5.74) is 2.39. The van der Waals surface area contributed by atoms with E-state index in [2.05, 4.69) is 26.8 Å². The van der Waals surface area contributed by atoms with Crippen molar-refractivity contribution in [3.8, 4) is 0 Å². The van der Waals surface area contributed by atoms with E-state index in [0.717, 1.165) is 49.4 Å². The van der Waals surface area contributed by atoms with E-state index in [9.17, 15) is 9.90 Å². The second kappa shape index (κ2) is 7.81. The molecular weight excluding hydrogens is 356 g/mol. The lowest BCUT2D eigenvalue weighted by Crippen LogP contribution is -2.50. The first kappa shape index (κ1) is 21.6. The molecule has 1 N–H and O–H groups in total. The SMILES string of the molecule is CC(C)C(=O)CC[C@@H](C)C1CCC2C3CC=C4CC(O)CCC4(C)C3CCC21C. The molecule has 0 radical (unpaired) electrons. The van der Waals surface area contributed by atoms with Crippen molar-refractivity contribution in [1.29, 1.82) is 0 Å². The zero-order valence-electron chi connectivity index (χ0n) is 19.5. The standard InChI is InChI=1S/C27H44O2/c1-17(2)25(29)11-6-18(3)22-9-10-23-21-8-7-19-16-20(28)12-14-26(19,4)24(21)13-15-27(22,23)5/h7,17-18,20-24,28H,6,8-16H2,1-5H3/t18-,20?,21?,22?,23?,24?,26?,27?/m1/s1. The van der Waals surface area contributed by atoms with E-state index < -0.39 is 0 Å². The van der Waals surface area contributed by atoms with Crippen LogP contribution < -0.4 is 0 Å². The zero-order valence-corrected chi connectivity index (χ0v) is 19.5. The third-order valence-electron chi connectivity index (χ3n) is 10.3. The van der Waals surface area contributed by atoms with Crippen LogP contribution in [0, 0.1) is 46.3 Å². The Morgan fingerprint density at radius 2 is 1.86 bits per heavy atom. The molecule has 3 fully saturated rings. The topological polar surface area (TPSA) is 37.3 Å². The molecule has 0 aromatic heterocycles. The normalized spacial score (nSPS) is 45.2. The third kappa shape index (κ3) is 3.56. The van der Waals surface area contributed by atoms with Crippen LogP contribution in [0.3, 0.4) is 0 Å². The molecule has 164 valence electrons. The fraction of sp³-hybridized carbons (Fsp3) is 0.889. The molecule has 8 atom stereocenters. The molecule has 0 spiro atoms. The van der Waals surface area contributed by atoms with Crippen molar-refractivity contribution in [2.45, 2.75) is 105 Å². The van der Waals surface area contributed by atoms with Gasteiger partial charge in [-0.25, -0.2) is 0 Å². The van der Waals surface area contributed by atoms with Crippen LogP contribution in [0.1, 0.15) is 98.8 Å². The first-order valence-electron chi connectivity index (χ1n) is 12.6. The minimum Gasteiger partial charge on any atom is -0.393 e. The summed E-state index contributed by atoms with van der Waals surface area (Å²) in [5, 5.41) is 10.2. The van der Waals surface area contributed by atoms with Crippen LogP contribution in [0.15, 0.2) is 11.6 Å². The van der Waals surface area contributed by atoms with Crippen LogP contribution >= 0.6 is 0 Å². The summed E-state index contributed by atoms with van der Waals surface area (Å²) in [4.78, 5) is 12.2. The summed E-state index contributed by atoms with van der Waals surface area (Å²) >= 11 is 0. The largest absolute Gasteiger partial charge is 0.393 e. The molecule has 2 heteroatoms. The summed E-state index contributed by atoms with van der Waals surface area (Å²) in [6.45, 7) is 11.6. The third-order valence-corrected chi connectivity index (χ3v) is 10.3. The van der Waals surface area contributed by atoms with Gasteiger partial charge < -0.3 is 5.11 Å². The molecule has 29 heavy (non-hydrogen) atoms. The average Bonchev–Trinajstić information content (AvgIpc) is 3.03. The van der Waals surface area contributed by atoms with Gasteiger partial charge in [0.2, 0.25) is 0 Å². The second-order valence-corrected chi connectivity index (χ2v) is 12.0. The van der Waals surface area contributed by atoms with Gasteiger partial charge in [-0.3, -0.25) is 4.79 Å². The minimum atomic E-state index is -0.106. The molecule has 0 amide bonds. The van der Waals surface area contributed by atoms with E-state index >= 15 is 0 Å². The number of carbonyl (C=O) groups is 1. The number of Topliss-reactive ketones (excluding diaryl/α,β-unsaturated/α-hetero) is 1. The Labute approximate surface area is 178 Å². The number of carbonyl (C=O) groups excluding carboxylic acids is 1. The fourth-order valence-electron chi connectivity index (χ4n) is 8.48. The Morgan fingerprint density at radius 1 is 1.10 bits per heavy atom. The number of aliphatic hydroxyl groups excluding tert-OH is 1. The number of aliphatic hydroxyl groups is 1. The molecule has 7 unspecified atom stereocenters. The van der Waals surface area contributed by atoms with Crippen LogP contribution in [0.25, 0.3) is 0 Å². The van der Waals surface area contributed by atoms with E-state index in [1.165, 1.54) is 38.5 Å². The second-order valence-electron chi connectivity index (χ2n) is 12.0. The Morgan fingerprint density at radius 3 is 2.59 bits per heavy atom. The van der Waals surface area contributed by atoms with E-state index in [4.69, 9.17) is 0 Å². The Kier molecular flexibility index (Phi) is 5.82. The van der Waals surface area contributed by atoms with E-state index in [0.29, 0.717) is 22.5 Å². The lowest BCUT2D eigenvalue weighted by Gasteiger charge is -2.58. The Bertz CT molecular complexity index is 663. The molecule has 0 saturated heterocycles. The molecule has 0 heterocycles. The monoisotopic (exact) mass is 400 g/mol. The molecule has 0 aromatic carbocycles. The van der Waals surface area contributed by atoms with Gasteiger partial charge in [0.1, 0.15) is 5.78 Å². The number of hydrogen-bond donors (Lipinski definition) is 1.